The number of esters is 1. The van der Waals surface area contributed by atoms with Gasteiger partial charge in [0, 0.05) is 5.92 Å². The molecule has 0 N–H and O–H groups in total. The number of aryl methyl sites for hydroxylation is 1. The van der Waals surface area contributed by atoms with Crippen molar-refractivity contribution in [2.24, 2.45) is 17.3 Å². The molecule has 0 heterocycles. The number of allylic oxidation sites excluding steroid dienone is 1. The Bertz CT molecular complexity index is 881. The fraction of sp³-hybridized carbons (Fsp3) is 0.348. The zero-order chi connectivity index (χ0) is 19.8. The minimum atomic E-state index is -1.74. The summed E-state index contributed by atoms with van der Waals surface area (Å²) in [6.45, 7) is 7.78. The van der Waals surface area contributed by atoms with E-state index >= 15 is 0 Å². The Labute approximate surface area is 158 Å². The zero-order valence-electron chi connectivity index (χ0n) is 16.1. The maximum atomic E-state index is 12.6. The molecule has 1 aliphatic carbocycles. The van der Waals surface area contributed by atoms with Crippen LogP contribution in [0.4, 0.5) is 8.78 Å². The van der Waals surface area contributed by atoms with Gasteiger partial charge in [-0.05, 0) is 53.2 Å². The van der Waals surface area contributed by atoms with E-state index in [1.165, 1.54) is 0 Å². The van der Waals surface area contributed by atoms with Crippen molar-refractivity contribution < 1.29 is 18.3 Å². The van der Waals surface area contributed by atoms with Gasteiger partial charge in [0.2, 0.25) is 0 Å². The first-order valence-corrected chi connectivity index (χ1v) is 9.07. The highest BCUT2D eigenvalue weighted by Crippen LogP contribution is 2.60. The summed E-state index contributed by atoms with van der Waals surface area (Å²) in [6.07, 6.45) is -0.871. The first kappa shape index (κ1) is 19.3. The minimum Gasteiger partial charge on any atom is -0.461 e. The molecule has 1 saturated carbocycles. The minimum absolute atomic E-state index is 0.151. The van der Waals surface area contributed by atoms with Gasteiger partial charge in [-0.2, -0.15) is 8.78 Å². The van der Waals surface area contributed by atoms with E-state index in [1.807, 2.05) is 64.1 Å². The Morgan fingerprint density at radius 3 is 2.41 bits per heavy atom. The number of hydrogen-bond donors (Lipinski definition) is 0. The summed E-state index contributed by atoms with van der Waals surface area (Å²) in [4.78, 5) is 12.5. The van der Waals surface area contributed by atoms with E-state index in [-0.39, 0.29) is 6.61 Å². The first-order valence-electron chi connectivity index (χ1n) is 9.07. The number of rotatable bonds is 5. The van der Waals surface area contributed by atoms with Crippen molar-refractivity contribution >= 4 is 5.97 Å². The van der Waals surface area contributed by atoms with Crippen molar-refractivity contribution in [3.8, 4) is 11.1 Å². The van der Waals surface area contributed by atoms with Crippen molar-refractivity contribution in [2.75, 3.05) is 0 Å². The molecule has 1 aliphatic rings. The molecule has 0 spiro atoms. The Kier molecular flexibility index (Phi) is 5.18. The summed E-state index contributed by atoms with van der Waals surface area (Å²) >= 11 is 0. The first-order chi connectivity index (χ1) is 12.7. The second-order valence-corrected chi connectivity index (χ2v) is 7.79. The van der Waals surface area contributed by atoms with Gasteiger partial charge in [-0.1, -0.05) is 56.3 Å². The zero-order valence-corrected chi connectivity index (χ0v) is 16.1. The van der Waals surface area contributed by atoms with Crippen LogP contribution >= 0.6 is 0 Å². The fourth-order valence-electron chi connectivity index (χ4n) is 3.85. The van der Waals surface area contributed by atoms with Crippen LogP contribution in [0.3, 0.4) is 0 Å². The van der Waals surface area contributed by atoms with Gasteiger partial charge in [0.1, 0.15) is 6.61 Å². The summed E-state index contributed by atoms with van der Waals surface area (Å²) < 4.78 is 30.7. The predicted octanol–water partition coefficient (Wildman–Crippen LogP) is 6.07. The molecule has 0 saturated heterocycles. The third kappa shape index (κ3) is 3.80. The maximum Gasteiger partial charge on any atom is 0.310 e. The molecular weight excluding hydrogens is 346 g/mol. The SMILES string of the molecule is Cc1ccc(-c2ccccc2)c(C)c1COC(=O)[C@@H]1C(C=C(F)F)C1(C)C. The number of benzene rings is 2. The van der Waals surface area contributed by atoms with Crippen LogP contribution in [0.5, 0.6) is 0 Å². The second-order valence-electron chi connectivity index (χ2n) is 7.79. The lowest BCUT2D eigenvalue weighted by atomic mass is 9.94. The van der Waals surface area contributed by atoms with Gasteiger partial charge in [0.15, 0.2) is 0 Å². The standard InChI is InChI=1S/C23H24F2O2/c1-14-10-11-17(16-8-6-5-7-9-16)15(2)18(14)13-27-22(26)21-19(12-20(24)25)23(21,3)4/h5-12,19,21H,13H2,1-4H3/t19?,21-/m0/s1. The Morgan fingerprint density at radius 2 is 1.78 bits per heavy atom. The fourth-order valence-corrected chi connectivity index (χ4v) is 3.85. The van der Waals surface area contributed by atoms with Gasteiger partial charge in [0.25, 0.3) is 6.08 Å². The lowest BCUT2D eigenvalue weighted by Gasteiger charge is -2.15. The average Bonchev–Trinajstić information content (AvgIpc) is 3.14. The average molecular weight is 370 g/mol. The van der Waals surface area contributed by atoms with Crippen LogP contribution in [0.25, 0.3) is 11.1 Å². The number of ether oxygens (including phenoxy) is 1. The van der Waals surface area contributed by atoms with Crippen molar-refractivity contribution in [1.82, 2.24) is 0 Å². The molecule has 0 bridgehead atoms. The monoisotopic (exact) mass is 370 g/mol. The molecule has 2 atom stereocenters. The molecule has 0 aliphatic heterocycles. The van der Waals surface area contributed by atoms with E-state index in [0.717, 1.165) is 33.9 Å². The highest BCUT2D eigenvalue weighted by atomic mass is 19.3. The Hall–Kier alpha value is -2.49. The van der Waals surface area contributed by atoms with E-state index in [9.17, 15) is 13.6 Å². The molecule has 142 valence electrons. The summed E-state index contributed by atoms with van der Waals surface area (Å²) in [7, 11) is 0. The summed E-state index contributed by atoms with van der Waals surface area (Å²) in [6, 6.07) is 14.1. The predicted molar refractivity (Wildman–Crippen MR) is 102 cm³/mol. The third-order valence-electron chi connectivity index (χ3n) is 5.75. The van der Waals surface area contributed by atoms with Crippen LogP contribution in [0.1, 0.15) is 30.5 Å². The van der Waals surface area contributed by atoms with Gasteiger partial charge < -0.3 is 4.74 Å². The lowest BCUT2D eigenvalue weighted by molar-refractivity contribution is -0.147. The molecule has 1 fully saturated rings. The largest absolute Gasteiger partial charge is 0.461 e. The molecular formula is C23H24F2O2. The molecule has 0 radical (unpaired) electrons. The lowest BCUT2D eigenvalue weighted by Crippen LogP contribution is -2.12. The molecule has 2 aromatic carbocycles. The van der Waals surface area contributed by atoms with Crippen LogP contribution in [-0.4, -0.2) is 5.97 Å². The van der Waals surface area contributed by atoms with E-state index in [4.69, 9.17) is 4.74 Å². The van der Waals surface area contributed by atoms with Gasteiger partial charge in [-0.25, -0.2) is 0 Å². The van der Waals surface area contributed by atoms with Crippen molar-refractivity contribution in [3.63, 3.8) is 0 Å². The summed E-state index contributed by atoms with van der Waals surface area (Å²) in [5.41, 5.74) is 4.79. The number of halogens is 2. The number of carbonyl (C=O) groups is 1. The van der Waals surface area contributed by atoms with Gasteiger partial charge in [-0.3, -0.25) is 4.79 Å². The van der Waals surface area contributed by atoms with Crippen molar-refractivity contribution in [1.29, 1.82) is 0 Å². The highest BCUT2D eigenvalue weighted by molar-refractivity contribution is 5.78. The summed E-state index contributed by atoms with van der Waals surface area (Å²) in [5.74, 6) is -1.39. The van der Waals surface area contributed by atoms with Crippen LogP contribution in [0.15, 0.2) is 54.6 Å². The summed E-state index contributed by atoms with van der Waals surface area (Å²) in [5, 5.41) is 0. The molecule has 0 aromatic heterocycles. The third-order valence-corrected chi connectivity index (χ3v) is 5.75. The smallest absolute Gasteiger partial charge is 0.310 e. The molecule has 2 aromatic rings. The second kappa shape index (κ2) is 7.26. The normalized spacial score (nSPS) is 20.1. The topological polar surface area (TPSA) is 26.3 Å². The Morgan fingerprint density at radius 1 is 1.11 bits per heavy atom. The van der Waals surface area contributed by atoms with E-state index in [1.54, 1.807) is 0 Å². The van der Waals surface area contributed by atoms with Gasteiger partial charge in [-0.15, -0.1) is 0 Å². The molecule has 3 rings (SSSR count). The Balaban J connectivity index is 1.77. The van der Waals surface area contributed by atoms with Crippen molar-refractivity contribution in [3.05, 3.63) is 71.3 Å². The van der Waals surface area contributed by atoms with E-state index < -0.39 is 29.3 Å². The van der Waals surface area contributed by atoms with Crippen LogP contribution in [0.2, 0.25) is 0 Å². The molecule has 2 nitrogen and oxygen atoms in total. The van der Waals surface area contributed by atoms with Crippen LogP contribution in [-0.2, 0) is 16.1 Å². The van der Waals surface area contributed by atoms with E-state index in [2.05, 4.69) is 6.07 Å². The van der Waals surface area contributed by atoms with Crippen LogP contribution < -0.4 is 0 Å². The quantitative estimate of drug-likeness (QED) is 0.598. The number of hydrogen-bond acceptors (Lipinski definition) is 2. The van der Waals surface area contributed by atoms with Gasteiger partial charge >= 0.3 is 5.97 Å². The van der Waals surface area contributed by atoms with Crippen molar-refractivity contribution in [2.45, 2.75) is 34.3 Å². The molecule has 0 amide bonds. The highest BCUT2D eigenvalue weighted by Gasteiger charge is 2.62. The van der Waals surface area contributed by atoms with Gasteiger partial charge in [0.05, 0.1) is 5.92 Å². The van der Waals surface area contributed by atoms with E-state index in [0.29, 0.717) is 0 Å². The maximum absolute atomic E-state index is 12.6. The molecule has 1 unspecified atom stereocenters. The number of carbonyl (C=O) groups excluding carboxylic acids is 1. The van der Waals surface area contributed by atoms with Crippen LogP contribution in [0, 0.1) is 31.1 Å². The molecule has 4 heteroatoms. The molecule has 27 heavy (non-hydrogen) atoms.